The van der Waals surface area contributed by atoms with E-state index in [2.05, 4.69) is 14.9 Å². The maximum Gasteiger partial charge on any atom is 0.245 e. The molecule has 1 saturated heterocycles. The molecule has 0 bridgehead atoms. The quantitative estimate of drug-likeness (QED) is 0.921. The van der Waals surface area contributed by atoms with E-state index in [1.54, 1.807) is 6.07 Å². The third-order valence-electron chi connectivity index (χ3n) is 3.62. The normalized spacial score (nSPS) is 17.5. The third kappa shape index (κ3) is 2.66. The summed E-state index contributed by atoms with van der Waals surface area (Å²) in [4.78, 5) is 9.30. The molecule has 8 heteroatoms. The van der Waals surface area contributed by atoms with E-state index in [1.807, 2.05) is 14.1 Å². The molecule has 114 valence electrons. The molecule has 0 amide bonds. The van der Waals surface area contributed by atoms with Crippen molar-refractivity contribution in [2.75, 3.05) is 33.7 Å². The SMILES string of the molecule is CN(C)CC1CN(S(=O)(=O)c2c[nH]c3ncc(Cl)cc23)C1. The highest BCUT2D eigenvalue weighted by Crippen LogP contribution is 2.30. The Balaban J connectivity index is 1.87. The fourth-order valence-corrected chi connectivity index (χ4v) is 4.55. The van der Waals surface area contributed by atoms with Crippen LogP contribution in [0.4, 0.5) is 0 Å². The number of aromatic nitrogens is 2. The zero-order valence-electron chi connectivity index (χ0n) is 11.9. The summed E-state index contributed by atoms with van der Waals surface area (Å²) in [5.41, 5.74) is 0.531. The number of halogens is 1. The van der Waals surface area contributed by atoms with E-state index in [1.165, 1.54) is 16.7 Å². The first-order valence-corrected chi connectivity index (χ1v) is 8.47. The molecule has 2 aromatic heterocycles. The van der Waals surface area contributed by atoms with Gasteiger partial charge in [-0.15, -0.1) is 0 Å². The van der Waals surface area contributed by atoms with Gasteiger partial charge < -0.3 is 9.88 Å². The highest BCUT2D eigenvalue weighted by molar-refractivity contribution is 7.89. The molecule has 1 aliphatic rings. The smallest absolute Gasteiger partial charge is 0.245 e. The molecular formula is C13H17ClN4O2S. The number of rotatable bonds is 4. The Morgan fingerprint density at radius 3 is 2.86 bits per heavy atom. The third-order valence-corrected chi connectivity index (χ3v) is 5.70. The number of fused-ring (bicyclic) bond motifs is 1. The van der Waals surface area contributed by atoms with Gasteiger partial charge in [0.25, 0.3) is 0 Å². The Morgan fingerprint density at radius 1 is 1.48 bits per heavy atom. The monoisotopic (exact) mass is 328 g/mol. The van der Waals surface area contributed by atoms with E-state index in [-0.39, 0.29) is 4.90 Å². The number of nitrogens with one attached hydrogen (secondary N) is 1. The first kappa shape index (κ1) is 14.8. The van der Waals surface area contributed by atoms with E-state index in [0.29, 0.717) is 35.1 Å². The van der Waals surface area contributed by atoms with Gasteiger partial charge in [0.1, 0.15) is 10.5 Å². The van der Waals surface area contributed by atoms with Crippen molar-refractivity contribution < 1.29 is 8.42 Å². The maximum atomic E-state index is 12.7. The minimum Gasteiger partial charge on any atom is -0.345 e. The van der Waals surface area contributed by atoms with Gasteiger partial charge in [-0.2, -0.15) is 4.31 Å². The van der Waals surface area contributed by atoms with Crippen LogP contribution >= 0.6 is 11.6 Å². The molecule has 21 heavy (non-hydrogen) atoms. The second kappa shape index (κ2) is 5.24. The molecule has 1 fully saturated rings. The molecular weight excluding hydrogens is 312 g/mol. The van der Waals surface area contributed by atoms with E-state index in [9.17, 15) is 8.42 Å². The average Bonchev–Trinajstić information content (AvgIpc) is 2.76. The lowest BCUT2D eigenvalue weighted by atomic mass is 10.0. The van der Waals surface area contributed by atoms with Gasteiger partial charge in [-0.05, 0) is 26.1 Å². The number of H-pyrrole nitrogens is 1. The lowest BCUT2D eigenvalue weighted by Crippen LogP contribution is -2.52. The van der Waals surface area contributed by atoms with Gasteiger partial charge in [-0.3, -0.25) is 0 Å². The molecule has 2 aromatic rings. The summed E-state index contributed by atoms with van der Waals surface area (Å²) in [6.07, 6.45) is 2.98. The number of nitrogens with zero attached hydrogens (tertiary/aromatic N) is 3. The molecule has 0 atom stereocenters. The standard InChI is InChI=1S/C13H17ClN4O2S/c1-17(2)6-9-7-18(8-9)21(19,20)12-5-16-13-11(12)3-10(14)4-15-13/h3-5,9H,6-8H2,1-2H3,(H,15,16). The first-order chi connectivity index (χ1) is 9.88. The topological polar surface area (TPSA) is 69.3 Å². The highest BCUT2D eigenvalue weighted by Gasteiger charge is 2.37. The van der Waals surface area contributed by atoms with Crippen molar-refractivity contribution in [1.82, 2.24) is 19.2 Å². The average molecular weight is 329 g/mol. The van der Waals surface area contributed by atoms with Crippen molar-refractivity contribution in [3.8, 4) is 0 Å². The predicted octanol–water partition coefficient (Wildman–Crippen LogP) is 1.40. The molecule has 0 radical (unpaired) electrons. The van der Waals surface area contributed by atoms with Crippen LogP contribution in [0, 0.1) is 5.92 Å². The summed E-state index contributed by atoms with van der Waals surface area (Å²) in [5, 5.41) is 0.964. The Bertz CT molecular complexity index is 766. The van der Waals surface area contributed by atoms with Crippen LogP contribution in [-0.2, 0) is 10.0 Å². The number of sulfonamides is 1. The molecule has 3 heterocycles. The Hall–Kier alpha value is -1.15. The van der Waals surface area contributed by atoms with E-state index in [0.717, 1.165) is 6.54 Å². The molecule has 0 unspecified atom stereocenters. The van der Waals surface area contributed by atoms with Crippen molar-refractivity contribution in [2.45, 2.75) is 4.90 Å². The van der Waals surface area contributed by atoms with Crippen LogP contribution in [0.25, 0.3) is 11.0 Å². The summed E-state index contributed by atoms with van der Waals surface area (Å²) < 4.78 is 26.8. The number of hydrogen-bond acceptors (Lipinski definition) is 4. The minimum atomic E-state index is -3.49. The summed E-state index contributed by atoms with van der Waals surface area (Å²) in [7, 11) is 0.495. The minimum absolute atomic E-state index is 0.246. The molecule has 6 nitrogen and oxygen atoms in total. The molecule has 0 saturated carbocycles. The molecule has 1 N–H and O–H groups in total. The summed E-state index contributed by atoms with van der Waals surface area (Å²) in [6.45, 7) is 2.01. The Labute approximate surface area is 128 Å². The van der Waals surface area contributed by atoms with Crippen LogP contribution in [-0.4, -0.2) is 61.3 Å². The van der Waals surface area contributed by atoms with Crippen LogP contribution in [0.3, 0.4) is 0 Å². The largest absolute Gasteiger partial charge is 0.345 e. The van der Waals surface area contributed by atoms with Crippen molar-refractivity contribution in [3.63, 3.8) is 0 Å². The van der Waals surface area contributed by atoms with Gasteiger partial charge in [0, 0.05) is 37.4 Å². The highest BCUT2D eigenvalue weighted by atomic mass is 35.5. The Kier molecular flexibility index (Phi) is 3.69. The van der Waals surface area contributed by atoms with E-state index in [4.69, 9.17) is 11.6 Å². The van der Waals surface area contributed by atoms with E-state index >= 15 is 0 Å². The first-order valence-electron chi connectivity index (χ1n) is 6.65. The second-order valence-corrected chi connectivity index (χ2v) is 8.00. The molecule has 0 aromatic carbocycles. The molecule has 0 spiro atoms. The summed E-state index contributed by atoms with van der Waals surface area (Å²) >= 11 is 5.92. The van der Waals surface area contributed by atoms with Gasteiger partial charge in [0.05, 0.1) is 5.02 Å². The molecule has 3 rings (SSSR count). The van der Waals surface area contributed by atoms with Crippen molar-refractivity contribution >= 4 is 32.7 Å². The number of hydrogen-bond donors (Lipinski definition) is 1. The number of aromatic amines is 1. The Morgan fingerprint density at radius 2 is 2.19 bits per heavy atom. The van der Waals surface area contributed by atoms with Gasteiger partial charge >= 0.3 is 0 Å². The van der Waals surface area contributed by atoms with Gasteiger partial charge in [0.15, 0.2) is 0 Å². The van der Waals surface area contributed by atoms with Crippen molar-refractivity contribution in [3.05, 3.63) is 23.5 Å². The summed E-state index contributed by atoms with van der Waals surface area (Å²) in [5.74, 6) is 0.390. The lowest BCUT2D eigenvalue weighted by Gasteiger charge is -2.39. The van der Waals surface area contributed by atoms with Crippen molar-refractivity contribution in [2.24, 2.45) is 5.92 Å². The van der Waals surface area contributed by atoms with E-state index < -0.39 is 10.0 Å². The predicted molar refractivity (Wildman–Crippen MR) is 81.9 cm³/mol. The van der Waals surface area contributed by atoms with Crippen LogP contribution in [0.2, 0.25) is 5.02 Å². The van der Waals surface area contributed by atoms with Gasteiger partial charge in [0.2, 0.25) is 10.0 Å². The number of pyridine rings is 1. The van der Waals surface area contributed by atoms with Gasteiger partial charge in [-0.1, -0.05) is 11.6 Å². The summed E-state index contributed by atoms with van der Waals surface area (Å²) in [6, 6.07) is 1.63. The van der Waals surface area contributed by atoms with Crippen molar-refractivity contribution in [1.29, 1.82) is 0 Å². The zero-order valence-corrected chi connectivity index (χ0v) is 13.4. The van der Waals surface area contributed by atoms with Crippen LogP contribution < -0.4 is 0 Å². The lowest BCUT2D eigenvalue weighted by molar-refractivity contribution is 0.160. The maximum absolute atomic E-state index is 12.7. The fraction of sp³-hybridized carbons (Fsp3) is 0.462. The van der Waals surface area contributed by atoms with Crippen LogP contribution in [0.15, 0.2) is 23.4 Å². The van der Waals surface area contributed by atoms with Crippen LogP contribution in [0.1, 0.15) is 0 Å². The fourth-order valence-electron chi connectivity index (χ4n) is 2.66. The molecule has 1 aliphatic heterocycles. The van der Waals surface area contributed by atoms with Crippen LogP contribution in [0.5, 0.6) is 0 Å². The molecule has 0 aliphatic carbocycles. The zero-order chi connectivity index (χ0) is 15.2. The second-order valence-electron chi connectivity index (χ2n) is 5.65. The van der Waals surface area contributed by atoms with Gasteiger partial charge in [-0.25, -0.2) is 13.4 Å².